The molecule has 2 aromatic rings. The highest BCUT2D eigenvalue weighted by Gasteiger charge is 2.22. The average molecular weight is 429 g/mol. The van der Waals surface area contributed by atoms with Crippen LogP contribution in [0.3, 0.4) is 0 Å². The Labute approximate surface area is 180 Å². The van der Waals surface area contributed by atoms with Crippen LogP contribution in [0.1, 0.15) is 80.0 Å². The molecule has 2 N–H and O–H groups in total. The van der Waals surface area contributed by atoms with Crippen LogP contribution in [0.4, 0.5) is 5.69 Å². The molecular formula is C22H28N4O3S. The molecule has 0 bridgehead atoms. The number of amides is 2. The van der Waals surface area contributed by atoms with Gasteiger partial charge in [0, 0.05) is 12.0 Å². The van der Waals surface area contributed by atoms with Crippen molar-refractivity contribution in [1.29, 1.82) is 0 Å². The maximum absolute atomic E-state index is 12.6. The van der Waals surface area contributed by atoms with Crippen molar-refractivity contribution < 1.29 is 14.0 Å². The van der Waals surface area contributed by atoms with E-state index >= 15 is 0 Å². The lowest BCUT2D eigenvalue weighted by molar-refractivity contribution is -0.113. The van der Waals surface area contributed by atoms with E-state index in [1.54, 1.807) is 18.2 Å². The summed E-state index contributed by atoms with van der Waals surface area (Å²) in [6, 6.07) is 7.33. The third-order valence-electron chi connectivity index (χ3n) is 5.84. The molecule has 2 saturated carbocycles. The zero-order valence-electron chi connectivity index (χ0n) is 17.1. The zero-order valence-corrected chi connectivity index (χ0v) is 17.9. The molecule has 8 heteroatoms. The number of nitrogens with zero attached hydrogens (tertiary/aromatic N) is 2. The Morgan fingerprint density at radius 3 is 2.53 bits per heavy atom. The highest BCUT2D eigenvalue weighted by atomic mass is 32.2. The zero-order chi connectivity index (χ0) is 20.8. The second-order valence-electron chi connectivity index (χ2n) is 8.08. The summed E-state index contributed by atoms with van der Waals surface area (Å²) in [4.78, 5) is 25.1. The van der Waals surface area contributed by atoms with Crippen molar-refractivity contribution in [2.45, 2.75) is 75.0 Å². The van der Waals surface area contributed by atoms with Crippen molar-refractivity contribution in [3.8, 4) is 0 Å². The van der Waals surface area contributed by atoms with Gasteiger partial charge < -0.3 is 15.1 Å². The summed E-state index contributed by atoms with van der Waals surface area (Å²) >= 11 is 1.22. The second kappa shape index (κ2) is 10.1. The van der Waals surface area contributed by atoms with Gasteiger partial charge in [0.05, 0.1) is 17.0 Å². The smallest absolute Gasteiger partial charge is 0.277 e. The molecule has 0 aliphatic heterocycles. The molecule has 2 amide bonds. The van der Waals surface area contributed by atoms with Crippen molar-refractivity contribution >= 4 is 29.3 Å². The number of rotatable bonds is 7. The second-order valence-corrected chi connectivity index (χ2v) is 9.01. The van der Waals surface area contributed by atoms with Crippen LogP contribution in [0.2, 0.25) is 0 Å². The number of carbonyl (C=O) groups is 2. The van der Waals surface area contributed by atoms with Gasteiger partial charge in [-0.2, -0.15) is 0 Å². The summed E-state index contributed by atoms with van der Waals surface area (Å²) in [5.74, 6) is 0.828. The molecular weight excluding hydrogens is 400 g/mol. The van der Waals surface area contributed by atoms with Crippen LogP contribution in [0, 0.1) is 0 Å². The fraction of sp³-hybridized carbons (Fsp3) is 0.545. The Bertz CT molecular complexity index is 873. The predicted octanol–water partition coefficient (Wildman–Crippen LogP) is 4.52. The molecule has 30 heavy (non-hydrogen) atoms. The molecule has 4 rings (SSSR count). The first-order chi connectivity index (χ1) is 14.7. The van der Waals surface area contributed by atoms with Crippen LogP contribution < -0.4 is 10.6 Å². The summed E-state index contributed by atoms with van der Waals surface area (Å²) in [6.45, 7) is 0. The fourth-order valence-corrected chi connectivity index (χ4v) is 4.80. The molecule has 1 aromatic heterocycles. The monoisotopic (exact) mass is 428 g/mol. The number of nitrogens with one attached hydrogen (secondary N) is 2. The predicted molar refractivity (Wildman–Crippen MR) is 116 cm³/mol. The van der Waals surface area contributed by atoms with E-state index in [0.717, 1.165) is 38.5 Å². The van der Waals surface area contributed by atoms with Crippen molar-refractivity contribution in [1.82, 2.24) is 15.5 Å². The molecule has 1 aromatic carbocycles. The fourth-order valence-electron chi connectivity index (χ4n) is 4.23. The lowest BCUT2D eigenvalue weighted by Crippen LogP contribution is -2.33. The van der Waals surface area contributed by atoms with Gasteiger partial charge in [-0.15, -0.1) is 10.2 Å². The Hall–Kier alpha value is -2.35. The minimum atomic E-state index is -0.210. The number of para-hydroxylation sites is 1. The number of anilines is 1. The van der Waals surface area contributed by atoms with Crippen LogP contribution in [0.15, 0.2) is 33.9 Å². The highest BCUT2D eigenvalue weighted by molar-refractivity contribution is 7.99. The van der Waals surface area contributed by atoms with Crippen molar-refractivity contribution in [3.05, 3.63) is 35.7 Å². The van der Waals surface area contributed by atoms with E-state index in [1.165, 1.54) is 31.0 Å². The molecule has 2 fully saturated rings. The third kappa shape index (κ3) is 5.41. The third-order valence-corrected chi connectivity index (χ3v) is 6.66. The first-order valence-electron chi connectivity index (χ1n) is 10.8. The minimum Gasteiger partial charge on any atom is -0.416 e. The Kier molecular flexibility index (Phi) is 7.04. The summed E-state index contributed by atoms with van der Waals surface area (Å²) in [5, 5.41) is 14.6. The average Bonchev–Trinajstić information content (AvgIpc) is 3.45. The Balaban J connectivity index is 1.31. The van der Waals surface area contributed by atoms with E-state index < -0.39 is 0 Å². The maximum Gasteiger partial charge on any atom is 0.277 e. The van der Waals surface area contributed by atoms with Gasteiger partial charge in [0.2, 0.25) is 11.8 Å². The van der Waals surface area contributed by atoms with Crippen LogP contribution >= 0.6 is 11.8 Å². The van der Waals surface area contributed by atoms with E-state index in [2.05, 4.69) is 20.8 Å². The van der Waals surface area contributed by atoms with Crippen molar-refractivity contribution in [2.75, 3.05) is 11.1 Å². The molecule has 2 aliphatic rings. The molecule has 0 unspecified atom stereocenters. The number of carbonyl (C=O) groups excluding carboxylic acids is 2. The van der Waals surface area contributed by atoms with E-state index in [0.29, 0.717) is 28.3 Å². The van der Waals surface area contributed by atoms with Crippen molar-refractivity contribution in [3.63, 3.8) is 0 Å². The number of thioether (sulfide) groups is 1. The summed E-state index contributed by atoms with van der Waals surface area (Å²) in [5.41, 5.74) is 1.01. The van der Waals surface area contributed by atoms with Crippen LogP contribution in [-0.4, -0.2) is 33.8 Å². The van der Waals surface area contributed by atoms with E-state index in [1.807, 2.05) is 6.07 Å². The van der Waals surface area contributed by atoms with Crippen LogP contribution in [0.5, 0.6) is 0 Å². The molecule has 0 atom stereocenters. The quantitative estimate of drug-likeness (QED) is 0.629. The maximum atomic E-state index is 12.6. The number of hydrogen-bond donors (Lipinski definition) is 2. The summed E-state index contributed by atoms with van der Waals surface area (Å²) < 4.78 is 5.76. The van der Waals surface area contributed by atoms with Gasteiger partial charge in [0.15, 0.2) is 0 Å². The summed E-state index contributed by atoms with van der Waals surface area (Å²) in [7, 11) is 0. The molecule has 7 nitrogen and oxygen atoms in total. The first-order valence-corrected chi connectivity index (χ1v) is 11.8. The van der Waals surface area contributed by atoms with Gasteiger partial charge in [-0.3, -0.25) is 9.59 Å². The Morgan fingerprint density at radius 2 is 1.73 bits per heavy atom. The molecule has 0 saturated heterocycles. The topological polar surface area (TPSA) is 97.1 Å². The molecule has 0 radical (unpaired) electrons. The number of hydrogen-bond acceptors (Lipinski definition) is 6. The molecule has 1 heterocycles. The van der Waals surface area contributed by atoms with E-state index in [9.17, 15) is 9.59 Å². The van der Waals surface area contributed by atoms with Crippen LogP contribution in [0.25, 0.3) is 0 Å². The number of aromatic nitrogens is 2. The number of benzene rings is 1. The highest BCUT2D eigenvalue weighted by Crippen LogP contribution is 2.33. The van der Waals surface area contributed by atoms with Gasteiger partial charge >= 0.3 is 0 Å². The normalized spacial score (nSPS) is 17.7. The molecule has 160 valence electrons. The Morgan fingerprint density at radius 1 is 1.00 bits per heavy atom. The van der Waals surface area contributed by atoms with Gasteiger partial charge in [0.25, 0.3) is 11.1 Å². The SMILES string of the molecule is O=C(CSc1nnc(C2CCCCC2)o1)Nc1ccccc1C(=O)NC1CCCC1. The lowest BCUT2D eigenvalue weighted by Gasteiger charge is -2.17. The van der Waals surface area contributed by atoms with Gasteiger partial charge in [-0.05, 0) is 37.8 Å². The minimum absolute atomic E-state index is 0.139. The molecule has 2 aliphatic carbocycles. The first kappa shape index (κ1) is 20.9. The lowest BCUT2D eigenvalue weighted by atomic mass is 9.89. The molecule has 0 spiro atoms. The summed E-state index contributed by atoms with van der Waals surface area (Å²) in [6.07, 6.45) is 10.2. The van der Waals surface area contributed by atoms with Gasteiger partial charge in [0.1, 0.15) is 0 Å². The van der Waals surface area contributed by atoms with Crippen molar-refractivity contribution in [2.24, 2.45) is 0 Å². The van der Waals surface area contributed by atoms with Crippen LogP contribution in [-0.2, 0) is 4.79 Å². The largest absolute Gasteiger partial charge is 0.416 e. The van der Waals surface area contributed by atoms with Gasteiger partial charge in [-0.1, -0.05) is 56.0 Å². The standard InChI is InChI=1S/C22H28N4O3S/c27-19(14-30-22-26-25-21(29-22)15-8-2-1-3-9-15)24-18-13-7-6-12-17(18)20(28)23-16-10-4-5-11-16/h6-7,12-13,15-16H,1-5,8-11,14H2,(H,23,28)(H,24,27). The van der Waals surface area contributed by atoms with E-state index in [-0.39, 0.29) is 23.6 Å². The van der Waals surface area contributed by atoms with E-state index in [4.69, 9.17) is 4.42 Å². The van der Waals surface area contributed by atoms with Gasteiger partial charge in [-0.25, -0.2) is 0 Å².